The van der Waals surface area contributed by atoms with Gasteiger partial charge in [0.15, 0.2) is 0 Å². The van der Waals surface area contributed by atoms with E-state index in [4.69, 9.17) is 16.3 Å². The van der Waals surface area contributed by atoms with Gasteiger partial charge in [0.25, 0.3) is 0 Å². The highest BCUT2D eigenvalue weighted by Crippen LogP contribution is 2.40. The number of rotatable bonds is 7. The van der Waals surface area contributed by atoms with Crippen molar-refractivity contribution in [2.45, 2.75) is 33.6 Å². The van der Waals surface area contributed by atoms with Gasteiger partial charge in [-0.15, -0.1) is 0 Å². The van der Waals surface area contributed by atoms with Crippen LogP contribution in [0.2, 0.25) is 5.02 Å². The van der Waals surface area contributed by atoms with Gasteiger partial charge in [0.2, 0.25) is 5.75 Å². The Morgan fingerprint density at radius 3 is 2.50 bits per heavy atom. The minimum Gasteiger partial charge on any atom is -0.502 e. The molecule has 8 heteroatoms. The molecule has 0 saturated heterocycles. The smallest absolute Gasteiger partial charge is 0.338 e. The number of carbonyl (C=O) groups is 1. The maximum Gasteiger partial charge on any atom is 0.338 e. The number of unbranched alkanes of at least 4 members (excludes halogenated alkanes) is 1. The van der Waals surface area contributed by atoms with Crippen molar-refractivity contribution in [1.29, 1.82) is 0 Å². The van der Waals surface area contributed by atoms with Gasteiger partial charge >= 0.3 is 11.7 Å². The summed E-state index contributed by atoms with van der Waals surface area (Å²) in [7, 11) is 0. The Balaban J connectivity index is 2.27. The number of phenols is 1. The van der Waals surface area contributed by atoms with Gasteiger partial charge in [0.1, 0.15) is 0 Å². The molecule has 0 fully saturated rings. The number of aromatic hydroxyl groups is 1. The van der Waals surface area contributed by atoms with Crippen LogP contribution in [0, 0.1) is 24.0 Å². The SMILES string of the molecule is CCCCOC(=O)c1ccc(N=Cc2c(C)c(Cl)c(C)c([N+](=O)[O-])c2O)cc1. The Morgan fingerprint density at radius 2 is 1.93 bits per heavy atom. The third-order valence-corrected chi connectivity index (χ3v) is 4.82. The van der Waals surface area contributed by atoms with E-state index in [9.17, 15) is 20.0 Å². The number of halogens is 1. The second-order valence-corrected chi connectivity index (χ2v) is 6.60. The lowest BCUT2D eigenvalue weighted by Gasteiger charge is -2.10. The first-order valence-electron chi connectivity index (χ1n) is 8.75. The summed E-state index contributed by atoms with van der Waals surface area (Å²) in [5, 5.41) is 21.7. The van der Waals surface area contributed by atoms with E-state index in [2.05, 4.69) is 4.99 Å². The zero-order valence-electron chi connectivity index (χ0n) is 15.9. The predicted octanol–water partition coefficient (Wildman–Crippen LogP) is 5.28. The third kappa shape index (κ3) is 4.67. The molecule has 148 valence electrons. The number of esters is 1. The average molecular weight is 405 g/mol. The molecular formula is C20H21ClN2O5. The van der Waals surface area contributed by atoms with Crippen molar-refractivity contribution in [2.24, 2.45) is 4.99 Å². The highest BCUT2D eigenvalue weighted by molar-refractivity contribution is 6.33. The molecule has 0 unspecified atom stereocenters. The molecule has 0 aromatic heterocycles. The Labute approximate surface area is 167 Å². The van der Waals surface area contributed by atoms with Crippen LogP contribution in [0.3, 0.4) is 0 Å². The first-order valence-corrected chi connectivity index (χ1v) is 9.13. The standard InChI is InChI=1S/C20H21ClN2O5/c1-4-5-10-28-20(25)14-6-8-15(9-7-14)22-11-16-12(2)17(21)13(3)18(19(16)24)23(26)27/h6-9,11,24H,4-5,10H2,1-3H3. The summed E-state index contributed by atoms with van der Waals surface area (Å²) < 4.78 is 5.14. The van der Waals surface area contributed by atoms with E-state index in [0.29, 0.717) is 23.4 Å². The normalized spacial score (nSPS) is 11.0. The minimum atomic E-state index is -0.674. The fraction of sp³-hybridized carbons (Fsp3) is 0.300. The van der Waals surface area contributed by atoms with E-state index in [1.54, 1.807) is 31.2 Å². The molecule has 28 heavy (non-hydrogen) atoms. The molecule has 0 bridgehead atoms. The van der Waals surface area contributed by atoms with Crippen LogP contribution < -0.4 is 0 Å². The second kappa shape index (κ2) is 9.32. The van der Waals surface area contributed by atoms with Crippen LogP contribution in [0.4, 0.5) is 11.4 Å². The molecule has 2 aromatic rings. The van der Waals surface area contributed by atoms with Crippen LogP contribution in [0.5, 0.6) is 5.75 Å². The van der Waals surface area contributed by atoms with Crippen molar-refractivity contribution in [1.82, 2.24) is 0 Å². The minimum absolute atomic E-state index is 0.172. The summed E-state index contributed by atoms with van der Waals surface area (Å²) in [4.78, 5) is 26.7. The Morgan fingerprint density at radius 1 is 1.29 bits per heavy atom. The van der Waals surface area contributed by atoms with Gasteiger partial charge in [-0.05, 0) is 50.1 Å². The fourth-order valence-corrected chi connectivity index (χ4v) is 2.77. The van der Waals surface area contributed by atoms with Gasteiger partial charge < -0.3 is 9.84 Å². The topological polar surface area (TPSA) is 102 Å². The van der Waals surface area contributed by atoms with Crippen LogP contribution in [0.25, 0.3) is 0 Å². The van der Waals surface area contributed by atoms with Crippen LogP contribution in [-0.4, -0.2) is 28.8 Å². The largest absolute Gasteiger partial charge is 0.502 e. The summed E-state index contributed by atoms with van der Waals surface area (Å²) in [6, 6.07) is 6.39. The first kappa shape index (κ1) is 21.4. The number of phenolic OH excluding ortho intramolecular Hbond substituents is 1. The van der Waals surface area contributed by atoms with Crippen molar-refractivity contribution in [3.05, 3.63) is 61.7 Å². The zero-order chi connectivity index (χ0) is 20.8. The molecule has 0 spiro atoms. The van der Waals surface area contributed by atoms with Crippen molar-refractivity contribution >= 4 is 35.2 Å². The van der Waals surface area contributed by atoms with Gasteiger partial charge in [-0.2, -0.15) is 0 Å². The zero-order valence-corrected chi connectivity index (χ0v) is 16.6. The van der Waals surface area contributed by atoms with Gasteiger partial charge in [-0.3, -0.25) is 15.1 Å². The van der Waals surface area contributed by atoms with Crippen molar-refractivity contribution in [3.8, 4) is 5.75 Å². The molecule has 0 aliphatic carbocycles. The maximum absolute atomic E-state index is 11.9. The van der Waals surface area contributed by atoms with Gasteiger partial charge in [0.05, 0.1) is 27.8 Å². The summed E-state index contributed by atoms with van der Waals surface area (Å²) in [6.07, 6.45) is 3.06. The lowest BCUT2D eigenvalue weighted by molar-refractivity contribution is -0.386. The highest BCUT2D eigenvalue weighted by atomic mass is 35.5. The molecule has 7 nitrogen and oxygen atoms in total. The lowest BCUT2D eigenvalue weighted by Crippen LogP contribution is -2.05. The van der Waals surface area contributed by atoms with Crippen LogP contribution in [0.15, 0.2) is 29.3 Å². The van der Waals surface area contributed by atoms with Gasteiger partial charge in [0, 0.05) is 17.3 Å². The van der Waals surface area contributed by atoms with Gasteiger partial charge in [-0.25, -0.2) is 4.79 Å². The molecule has 0 radical (unpaired) electrons. The van der Waals surface area contributed by atoms with E-state index >= 15 is 0 Å². The van der Waals surface area contributed by atoms with Crippen molar-refractivity contribution < 1.29 is 19.6 Å². The Bertz CT molecular complexity index is 923. The molecule has 0 amide bonds. The van der Waals surface area contributed by atoms with E-state index in [-0.39, 0.29) is 16.1 Å². The van der Waals surface area contributed by atoms with Crippen molar-refractivity contribution in [3.63, 3.8) is 0 Å². The number of benzene rings is 2. The van der Waals surface area contributed by atoms with Crippen LogP contribution in [-0.2, 0) is 4.74 Å². The number of ether oxygens (including phenoxy) is 1. The summed E-state index contributed by atoms with van der Waals surface area (Å²) in [5.41, 5.74) is 1.32. The number of aliphatic imine (C=N–C) groups is 1. The number of nitro benzene ring substituents is 1. The Hall–Kier alpha value is -2.93. The van der Waals surface area contributed by atoms with Gasteiger partial charge in [-0.1, -0.05) is 24.9 Å². The summed E-state index contributed by atoms with van der Waals surface area (Å²) >= 11 is 6.16. The fourth-order valence-electron chi connectivity index (χ4n) is 2.58. The molecule has 1 N–H and O–H groups in total. The van der Waals surface area contributed by atoms with E-state index in [1.165, 1.54) is 13.1 Å². The molecule has 0 heterocycles. The molecular weight excluding hydrogens is 384 g/mol. The highest BCUT2D eigenvalue weighted by Gasteiger charge is 2.25. The molecule has 0 aliphatic heterocycles. The van der Waals surface area contributed by atoms with E-state index in [0.717, 1.165) is 12.8 Å². The number of hydrogen-bond donors (Lipinski definition) is 1. The number of nitro groups is 1. The van der Waals surface area contributed by atoms with Crippen LogP contribution in [0.1, 0.15) is 46.8 Å². The Kier molecular flexibility index (Phi) is 7.12. The van der Waals surface area contributed by atoms with E-state index in [1.807, 2.05) is 6.92 Å². The molecule has 0 saturated carbocycles. The molecule has 2 rings (SSSR count). The molecule has 0 aliphatic rings. The molecule has 0 atom stereocenters. The van der Waals surface area contributed by atoms with Crippen LogP contribution >= 0.6 is 11.6 Å². The average Bonchev–Trinajstić information content (AvgIpc) is 2.66. The quantitative estimate of drug-likeness (QED) is 0.222. The second-order valence-electron chi connectivity index (χ2n) is 6.23. The third-order valence-electron chi connectivity index (χ3n) is 4.26. The summed E-state index contributed by atoms with van der Waals surface area (Å²) in [6.45, 7) is 5.51. The number of hydrogen-bond acceptors (Lipinski definition) is 6. The number of carbonyl (C=O) groups excluding carboxylic acids is 1. The van der Waals surface area contributed by atoms with Crippen molar-refractivity contribution in [2.75, 3.05) is 6.61 Å². The number of nitrogens with zero attached hydrogens (tertiary/aromatic N) is 2. The first-order chi connectivity index (χ1) is 13.3. The maximum atomic E-state index is 11.9. The monoisotopic (exact) mass is 404 g/mol. The lowest BCUT2D eigenvalue weighted by atomic mass is 10.0. The molecule has 2 aromatic carbocycles. The summed E-state index contributed by atoms with van der Waals surface area (Å²) in [5.74, 6) is -0.886. The predicted molar refractivity (Wildman–Crippen MR) is 108 cm³/mol. The van der Waals surface area contributed by atoms with E-state index < -0.39 is 22.3 Å².